The smallest absolute Gasteiger partial charge is 0.343 e. The summed E-state index contributed by atoms with van der Waals surface area (Å²) < 4.78 is 5.49. The average molecular weight is 347 g/mol. The Hall–Kier alpha value is -3.21. The summed E-state index contributed by atoms with van der Waals surface area (Å²) in [6.45, 7) is 0. The van der Waals surface area contributed by atoms with Crippen LogP contribution >= 0.6 is 0 Å². The van der Waals surface area contributed by atoms with Gasteiger partial charge in [-0.25, -0.2) is 9.69 Å². The Bertz CT molecular complexity index is 877. The van der Waals surface area contributed by atoms with Gasteiger partial charge in [-0.15, -0.1) is 0 Å². The summed E-state index contributed by atoms with van der Waals surface area (Å²) in [6.07, 6.45) is 5.02. The molecule has 0 radical (unpaired) electrons. The number of nitrogens with zero attached hydrogens (tertiary/aromatic N) is 1. The third kappa shape index (κ3) is 2.71. The molecule has 0 bridgehead atoms. The first-order valence-electron chi connectivity index (χ1n) is 8.56. The fourth-order valence-electron chi connectivity index (χ4n) is 3.50. The van der Waals surface area contributed by atoms with Gasteiger partial charge in [0.25, 0.3) is 0 Å². The molecular formula is C21H17NO4. The van der Waals surface area contributed by atoms with Gasteiger partial charge in [-0.3, -0.25) is 9.59 Å². The molecule has 1 saturated heterocycles. The summed E-state index contributed by atoms with van der Waals surface area (Å²) in [5, 5.41) is 0. The number of rotatable bonds is 3. The summed E-state index contributed by atoms with van der Waals surface area (Å²) in [7, 11) is 0. The van der Waals surface area contributed by atoms with E-state index >= 15 is 0 Å². The van der Waals surface area contributed by atoms with Crippen molar-refractivity contribution < 1.29 is 19.1 Å². The number of anilines is 1. The number of allylic oxidation sites excluding steroid dienone is 2. The molecule has 1 fully saturated rings. The van der Waals surface area contributed by atoms with Crippen LogP contribution in [-0.4, -0.2) is 17.8 Å². The Balaban J connectivity index is 1.65. The monoisotopic (exact) mass is 347 g/mol. The molecule has 1 aliphatic carbocycles. The number of ether oxygens (including phenoxy) is 1. The SMILES string of the molecule is O=C(Oc1ccccc1N1C(=O)C2CC=CCC2C1=O)c1ccccc1. The molecule has 5 heteroatoms. The molecule has 2 unspecified atom stereocenters. The van der Waals surface area contributed by atoms with E-state index in [0.29, 0.717) is 24.1 Å². The first kappa shape index (κ1) is 16.3. The number of carbonyl (C=O) groups is 3. The Kier molecular flexibility index (Phi) is 4.13. The second-order valence-electron chi connectivity index (χ2n) is 6.39. The lowest BCUT2D eigenvalue weighted by atomic mass is 9.85. The number of para-hydroxylation sites is 2. The highest BCUT2D eigenvalue weighted by Crippen LogP contribution is 2.40. The van der Waals surface area contributed by atoms with Gasteiger partial charge in [0.1, 0.15) is 0 Å². The topological polar surface area (TPSA) is 63.7 Å². The molecule has 0 aromatic heterocycles. The molecule has 2 atom stereocenters. The van der Waals surface area contributed by atoms with Gasteiger partial charge in [-0.05, 0) is 37.1 Å². The van der Waals surface area contributed by atoms with Crippen molar-refractivity contribution in [3.63, 3.8) is 0 Å². The van der Waals surface area contributed by atoms with Crippen molar-refractivity contribution in [1.82, 2.24) is 0 Å². The number of amides is 2. The largest absolute Gasteiger partial charge is 0.421 e. The van der Waals surface area contributed by atoms with Crippen LogP contribution in [0.5, 0.6) is 5.75 Å². The average Bonchev–Trinajstić information content (AvgIpc) is 2.94. The van der Waals surface area contributed by atoms with E-state index in [-0.39, 0.29) is 29.4 Å². The predicted octanol–water partition coefficient (Wildman–Crippen LogP) is 3.36. The number of fused-ring (bicyclic) bond motifs is 1. The molecule has 2 aromatic rings. The maximum Gasteiger partial charge on any atom is 0.343 e. The van der Waals surface area contributed by atoms with Crippen molar-refractivity contribution in [2.45, 2.75) is 12.8 Å². The highest BCUT2D eigenvalue weighted by atomic mass is 16.5. The van der Waals surface area contributed by atoms with Gasteiger partial charge in [0.05, 0.1) is 23.1 Å². The number of hydrogen-bond donors (Lipinski definition) is 0. The number of imide groups is 1. The fraction of sp³-hybridized carbons (Fsp3) is 0.190. The van der Waals surface area contributed by atoms with E-state index in [1.807, 2.05) is 18.2 Å². The number of esters is 1. The van der Waals surface area contributed by atoms with Crippen LogP contribution in [0.1, 0.15) is 23.2 Å². The molecule has 26 heavy (non-hydrogen) atoms. The van der Waals surface area contributed by atoms with Gasteiger partial charge in [-0.1, -0.05) is 42.5 Å². The first-order valence-corrected chi connectivity index (χ1v) is 8.56. The van der Waals surface area contributed by atoms with Crippen molar-refractivity contribution >= 4 is 23.5 Å². The zero-order chi connectivity index (χ0) is 18.1. The van der Waals surface area contributed by atoms with Gasteiger partial charge in [0.2, 0.25) is 11.8 Å². The molecule has 130 valence electrons. The molecule has 2 aliphatic rings. The van der Waals surface area contributed by atoms with E-state index in [2.05, 4.69) is 0 Å². The van der Waals surface area contributed by atoms with E-state index in [1.54, 1.807) is 48.5 Å². The zero-order valence-electron chi connectivity index (χ0n) is 14.0. The molecule has 0 spiro atoms. The minimum atomic E-state index is -0.531. The molecule has 1 aliphatic heterocycles. The second-order valence-corrected chi connectivity index (χ2v) is 6.39. The maximum absolute atomic E-state index is 12.8. The maximum atomic E-state index is 12.8. The summed E-state index contributed by atoms with van der Waals surface area (Å²) >= 11 is 0. The van der Waals surface area contributed by atoms with Crippen molar-refractivity contribution in [1.29, 1.82) is 0 Å². The van der Waals surface area contributed by atoms with Crippen LogP contribution in [0.2, 0.25) is 0 Å². The molecular weight excluding hydrogens is 330 g/mol. The molecule has 0 saturated carbocycles. The fourth-order valence-corrected chi connectivity index (χ4v) is 3.50. The Morgan fingerprint density at radius 2 is 1.42 bits per heavy atom. The van der Waals surface area contributed by atoms with Crippen LogP contribution in [0.4, 0.5) is 5.69 Å². The van der Waals surface area contributed by atoms with Crippen LogP contribution in [0.25, 0.3) is 0 Å². The van der Waals surface area contributed by atoms with Crippen molar-refractivity contribution in [3.8, 4) is 5.75 Å². The number of benzene rings is 2. The molecule has 2 aromatic carbocycles. The third-order valence-electron chi connectivity index (χ3n) is 4.83. The van der Waals surface area contributed by atoms with Crippen molar-refractivity contribution in [2.75, 3.05) is 4.90 Å². The van der Waals surface area contributed by atoms with Crippen LogP contribution in [0.3, 0.4) is 0 Å². The van der Waals surface area contributed by atoms with Crippen molar-refractivity contribution in [3.05, 3.63) is 72.3 Å². The van der Waals surface area contributed by atoms with Gasteiger partial charge in [0, 0.05) is 0 Å². The van der Waals surface area contributed by atoms with Gasteiger partial charge in [0.15, 0.2) is 5.75 Å². The normalized spacial score (nSPS) is 21.6. The number of hydrogen-bond acceptors (Lipinski definition) is 4. The third-order valence-corrected chi connectivity index (χ3v) is 4.83. The lowest BCUT2D eigenvalue weighted by Gasteiger charge is -2.18. The van der Waals surface area contributed by atoms with Crippen LogP contribution < -0.4 is 9.64 Å². The first-order chi connectivity index (χ1) is 12.7. The Labute approximate surface area is 150 Å². The molecule has 0 N–H and O–H groups in total. The van der Waals surface area contributed by atoms with Crippen LogP contribution in [0.15, 0.2) is 66.7 Å². The summed E-state index contributed by atoms with van der Waals surface area (Å²) in [6, 6.07) is 15.2. The van der Waals surface area contributed by atoms with Gasteiger partial charge < -0.3 is 4.74 Å². The zero-order valence-corrected chi connectivity index (χ0v) is 14.0. The minimum absolute atomic E-state index is 0.203. The van der Waals surface area contributed by atoms with E-state index in [4.69, 9.17) is 4.74 Å². The summed E-state index contributed by atoms with van der Waals surface area (Å²) in [5.74, 6) is -1.44. The summed E-state index contributed by atoms with van der Waals surface area (Å²) in [4.78, 5) is 39.1. The van der Waals surface area contributed by atoms with Crippen LogP contribution in [-0.2, 0) is 9.59 Å². The standard InChI is InChI=1S/C21H17NO4/c23-19-15-10-4-5-11-16(15)20(24)22(19)17-12-6-7-13-18(17)26-21(25)14-8-2-1-3-9-14/h1-9,12-13,15-16H,10-11H2. The van der Waals surface area contributed by atoms with E-state index < -0.39 is 5.97 Å². The summed E-state index contributed by atoms with van der Waals surface area (Å²) in [5.41, 5.74) is 0.723. The molecule has 1 heterocycles. The van der Waals surface area contributed by atoms with Gasteiger partial charge >= 0.3 is 5.97 Å². The van der Waals surface area contributed by atoms with Gasteiger partial charge in [-0.2, -0.15) is 0 Å². The quantitative estimate of drug-likeness (QED) is 0.370. The van der Waals surface area contributed by atoms with Crippen molar-refractivity contribution in [2.24, 2.45) is 11.8 Å². The highest BCUT2D eigenvalue weighted by molar-refractivity contribution is 6.23. The molecule has 2 amide bonds. The Morgan fingerprint density at radius 3 is 2.08 bits per heavy atom. The van der Waals surface area contributed by atoms with Crippen LogP contribution in [0, 0.1) is 11.8 Å². The molecule has 4 rings (SSSR count). The van der Waals surface area contributed by atoms with E-state index in [9.17, 15) is 14.4 Å². The van der Waals surface area contributed by atoms with E-state index in [0.717, 1.165) is 0 Å². The predicted molar refractivity (Wildman–Crippen MR) is 95.7 cm³/mol. The number of carbonyl (C=O) groups excluding carboxylic acids is 3. The minimum Gasteiger partial charge on any atom is -0.421 e. The lowest BCUT2D eigenvalue weighted by Crippen LogP contribution is -2.31. The highest BCUT2D eigenvalue weighted by Gasteiger charge is 2.48. The van der Waals surface area contributed by atoms with E-state index in [1.165, 1.54) is 4.90 Å². The lowest BCUT2D eigenvalue weighted by molar-refractivity contribution is -0.122. The second kappa shape index (κ2) is 6.59. The Morgan fingerprint density at radius 1 is 0.846 bits per heavy atom. The molecule has 5 nitrogen and oxygen atoms in total.